The summed E-state index contributed by atoms with van der Waals surface area (Å²) >= 11 is 0. The lowest BCUT2D eigenvalue weighted by Gasteiger charge is -2.07. The van der Waals surface area contributed by atoms with Gasteiger partial charge in [-0.25, -0.2) is 4.98 Å². The van der Waals surface area contributed by atoms with E-state index in [9.17, 15) is 4.79 Å². The molecule has 0 aliphatic heterocycles. The molecule has 1 aromatic carbocycles. The molecule has 5 heteroatoms. The van der Waals surface area contributed by atoms with Crippen LogP contribution < -0.4 is 5.32 Å². The molecule has 0 unspecified atom stereocenters. The van der Waals surface area contributed by atoms with E-state index in [1.54, 1.807) is 0 Å². The number of pyridine rings is 1. The maximum absolute atomic E-state index is 12.5. The number of benzene rings is 1. The molecule has 0 saturated carbocycles. The summed E-state index contributed by atoms with van der Waals surface area (Å²) in [5, 5.41) is 7.54. The van der Waals surface area contributed by atoms with Crippen molar-refractivity contribution < 1.29 is 9.32 Å². The van der Waals surface area contributed by atoms with Crippen LogP contribution in [0.4, 0.5) is 0 Å². The molecule has 2 heterocycles. The largest absolute Gasteiger partial charge is 0.348 e. The predicted octanol–water partition coefficient (Wildman–Crippen LogP) is 3.02. The number of nitrogens with zero attached hydrogens (tertiary/aromatic N) is 2. The van der Waals surface area contributed by atoms with Gasteiger partial charge in [-0.2, -0.15) is 0 Å². The Balaban J connectivity index is 1.91. The molecule has 22 heavy (non-hydrogen) atoms. The molecule has 0 spiro atoms. The molecule has 0 saturated heterocycles. The second-order valence-corrected chi connectivity index (χ2v) is 5.13. The van der Waals surface area contributed by atoms with E-state index in [0.29, 0.717) is 28.9 Å². The minimum Gasteiger partial charge on any atom is -0.348 e. The maximum atomic E-state index is 12.5. The number of amides is 1. The molecule has 0 atom stereocenters. The summed E-state index contributed by atoms with van der Waals surface area (Å²) in [5.74, 6) is -0.141. The molecule has 1 amide bonds. The van der Waals surface area contributed by atoms with Crippen molar-refractivity contribution in [1.82, 2.24) is 15.5 Å². The van der Waals surface area contributed by atoms with E-state index in [2.05, 4.69) is 15.5 Å². The van der Waals surface area contributed by atoms with Gasteiger partial charge in [0.1, 0.15) is 0 Å². The second kappa shape index (κ2) is 5.97. The Kier molecular flexibility index (Phi) is 3.87. The first-order valence-corrected chi connectivity index (χ1v) is 7.27. The highest BCUT2D eigenvalue weighted by Crippen LogP contribution is 2.22. The average Bonchev–Trinajstić information content (AvgIpc) is 2.94. The van der Waals surface area contributed by atoms with Gasteiger partial charge in [0, 0.05) is 12.2 Å². The van der Waals surface area contributed by atoms with E-state index in [1.165, 1.54) is 0 Å². The zero-order valence-corrected chi connectivity index (χ0v) is 12.6. The van der Waals surface area contributed by atoms with Crippen molar-refractivity contribution in [2.45, 2.75) is 26.8 Å². The number of aromatic nitrogens is 2. The van der Waals surface area contributed by atoms with Crippen molar-refractivity contribution in [2.24, 2.45) is 0 Å². The van der Waals surface area contributed by atoms with Crippen molar-refractivity contribution in [1.29, 1.82) is 0 Å². The molecule has 0 fully saturated rings. The number of carbonyl (C=O) groups is 1. The number of hydrogen-bond donors (Lipinski definition) is 1. The van der Waals surface area contributed by atoms with Crippen LogP contribution in [0, 0.1) is 6.92 Å². The lowest BCUT2D eigenvalue weighted by molar-refractivity contribution is 0.0952. The molecule has 3 rings (SSSR count). The van der Waals surface area contributed by atoms with E-state index >= 15 is 0 Å². The molecule has 0 aliphatic rings. The van der Waals surface area contributed by atoms with Gasteiger partial charge in [-0.1, -0.05) is 42.4 Å². The second-order valence-electron chi connectivity index (χ2n) is 5.13. The summed E-state index contributed by atoms with van der Waals surface area (Å²) in [6, 6.07) is 11.6. The fraction of sp³-hybridized carbons (Fsp3) is 0.235. The van der Waals surface area contributed by atoms with Gasteiger partial charge >= 0.3 is 0 Å². The fourth-order valence-electron chi connectivity index (χ4n) is 2.38. The van der Waals surface area contributed by atoms with E-state index in [0.717, 1.165) is 17.7 Å². The first kappa shape index (κ1) is 14.3. The van der Waals surface area contributed by atoms with Gasteiger partial charge in [-0.15, -0.1) is 0 Å². The lowest BCUT2D eigenvalue weighted by Crippen LogP contribution is -2.23. The highest BCUT2D eigenvalue weighted by molar-refractivity contribution is 6.06. The molecule has 112 valence electrons. The number of carbonyl (C=O) groups excluding carboxylic acids is 1. The van der Waals surface area contributed by atoms with E-state index in [1.807, 2.05) is 50.2 Å². The van der Waals surface area contributed by atoms with Crippen LogP contribution in [0.3, 0.4) is 0 Å². The summed E-state index contributed by atoms with van der Waals surface area (Å²) < 4.78 is 5.20. The summed E-state index contributed by atoms with van der Waals surface area (Å²) in [4.78, 5) is 16.9. The van der Waals surface area contributed by atoms with Gasteiger partial charge in [0.15, 0.2) is 0 Å². The first-order valence-electron chi connectivity index (χ1n) is 7.27. The third-order valence-corrected chi connectivity index (χ3v) is 3.57. The number of aryl methyl sites for hydroxylation is 2. The van der Waals surface area contributed by atoms with Crippen LogP contribution in [0.1, 0.15) is 34.2 Å². The van der Waals surface area contributed by atoms with Crippen molar-refractivity contribution in [2.75, 3.05) is 0 Å². The number of rotatable bonds is 4. The highest BCUT2D eigenvalue weighted by Gasteiger charge is 2.18. The van der Waals surface area contributed by atoms with Crippen LogP contribution in [0.25, 0.3) is 11.1 Å². The van der Waals surface area contributed by atoms with Crippen LogP contribution in [-0.4, -0.2) is 16.0 Å². The van der Waals surface area contributed by atoms with Gasteiger partial charge in [-0.05, 0) is 25.0 Å². The van der Waals surface area contributed by atoms with Crippen molar-refractivity contribution >= 4 is 17.0 Å². The Hall–Kier alpha value is -2.69. The van der Waals surface area contributed by atoms with Gasteiger partial charge in [0.25, 0.3) is 11.6 Å². The third-order valence-electron chi connectivity index (χ3n) is 3.57. The van der Waals surface area contributed by atoms with Crippen LogP contribution in [0.15, 0.2) is 40.9 Å². The average molecular weight is 295 g/mol. The minimum absolute atomic E-state index is 0.141. The van der Waals surface area contributed by atoms with E-state index < -0.39 is 0 Å². The zero-order chi connectivity index (χ0) is 15.5. The monoisotopic (exact) mass is 295 g/mol. The standard InChI is InChI=1S/C17H17N3O2/c1-3-13-9-14(15-11(2)20-22-17(15)19-13)16(21)18-10-12-7-5-4-6-8-12/h4-9H,3,10H2,1-2H3,(H,18,21). The maximum Gasteiger partial charge on any atom is 0.258 e. The Bertz CT molecular complexity index is 809. The molecule has 0 aliphatic carbocycles. The molecule has 1 N–H and O–H groups in total. The SMILES string of the molecule is CCc1cc(C(=O)NCc2ccccc2)c2c(C)noc2n1. The third kappa shape index (κ3) is 2.70. The summed E-state index contributed by atoms with van der Waals surface area (Å²) in [6.45, 7) is 4.28. The molecule has 3 aromatic rings. The number of fused-ring (bicyclic) bond motifs is 1. The zero-order valence-electron chi connectivity index (χ0n) is 12.6. The smallest absolute Gasteiger partial charge is 0.258 e. The normalized spacial score (nSPS) is 10.8. The Morgan fingerprint density at radius 3 is 2.77 bits per heavy atom. The minimum atomic E-state index is -0.141. The van der Waals surface area contributed by atoms with Crippen LogP contribution in [0.2, 0.25) is 0 Å². The first-order chi connectivity index (χ1) is 10.7. The summed E-state index contributed by atoms with van der Waals surface area (Å²) in [7, 11) is 0. The molecular formula is C17H17N3O2. The highest BCUT2D eigenvalue weighted by atomic mass is 16.5. The summed E-state index contributed by atoms with van der Waals surface area (Å²) in [5.41, 5.74) is 3.53. The predicted molar refractivity (Wildman–Crippen MR) is 83.5 cm³/mol. The van der Waals surface area contributed by atoms with Crippen molar-refractivity contribution in [3.05, 3.63) is 58.9 Å². The summed E-state index contributed by atoms with van der Waals surface area (Å²) in [6.07, 6.45) is 0.731. The molecule has 0 radical (unpaired) electrons. The van der Waals surface area contributed by atoms with Gasteiger partial charge in [-0.3, -0.25) is 4.79 Å². The van der Waals surface area contributed by atoms with Gasteiger partial charge < -0.3 is 9.84 Å². The molecule has 2 aromatic heterocycles. The van der Waals surface area contributed by atoms with Crippen LogP contribution in [-0.2, 0) is 13.0 Å². The van der Waals surface area contributed by atoms with Gasteiger partial charge in [0.05, 0.1) is 16.6 Å². The number of hydrogen-bond acceptors (Lipinski definition) is 4. The van der Waals surface area contributed by atoms with E-state index in [4.69, 9.17) is 4.52 Å². The van der Waals surface area contributed by atoms with Crippen LogP contribution >= 0.6 is 0 Å². The lowest BCUT2D eigenvalue weighted by atomic mass is 10.1. The topological polar surface area (TPSA) is 68.0 Å². The Morgan fingerprint density at radius 1 is 1.27 bits per heavy atom. The van der Waals surface area contributed by atoms with E-state index in [-0.39, 0.29) is 5.91 Å². The van der Waals surface area contributed by atoms with Gasteiger partial charge in [0.2, 0.25) is 0 Å². The van der Waals surface area contributed by atoms with Crippen LogP contribution in [0.5, 0.6) is 0 Å². The van der Waals surface area contributed by atoms with Crippen molar-refractivity contribution in [3.8, 4) is 0 Å². The molecule has 5 nitrogen and oxygen atoms in total. The molecular weight excluding hydrogens is 278 g/mol. The quantitative estimate of drug-likeness (QED) is 0.803. The number of nitrogens with one attached hydrogen (secondary N) is 1. The Labute approximate surface area is 128 Å². The molecule has 0 bridgehead atoms. The Morgan fingerprint density at radius 2 is 2.05 bits per heavy atom. The fourth-order valence-corrected chi connectivity index (χ4v) is 2.38. The van der Waals surface area contributed by atoms with Crippen molar-refractivity contribution in [3.63, 3.8) is 0 Å².